The van der Waals surface area contributed by atoms with Crippen molar-refractivity contribution in [2.24, 2.45) is 11.8 Å². The van der Waals surface area contributed by atoms with Crippen LogP contribution in [0.2, 0.25) is 0 Å². The Morgan fingerprint density at radius 1 is 1.20 bits per heavy atom. The number of rotatable bonds is 4. The summed E-state index contributed by atoms with van der Waals surface area (Å²) in [6, 6.07) is 0. The van der Waals surface area contributed by atoms with Crippen molar-refractivity contribution in [1.29, 1.82) is 0 Å². The van der Waals surface area contributed by atoms with E-state index >= 15 is 0 Å². The van der Waals surface area contributed by atoms with E-state index in [1.807, 2.05) is 0 Å². The van der Waals surface area contributed by atoms with Crippen LogP contribution in [0.15, 0.2) is 0 Å². The average Bonchev–Trinajstić information content (AvgIpc) is 1.87. The third-order valence-electron chi connectivity index (χ3n) is 2.01. The van der Waals surface area contributed by atoms with E-state index in [1.54, 1.807) is 0 Å². The molecule has 1 N–H and O–H groups in total. The number of aliphatic hydroxyl groups is 1. The fraction of sp³-hybridized carbons (Fsp3) is 1.00. The summed E-state index contributed by atoms with van der Waals surface area (Å²) in [5, 5.41) is 9.53. The lowest BCUT2D eigenvalue weighted by atomic mass is 9.92. The molecule has 0 heterocycles. The lowest BCUT2D eigenvalue weighted by molar-refractivity contribution is 0.0681. The fourth-order valence-electron chi connectivity index (χ4n) is 1.28. The van der Waals surface area contributed by atoms with Crippen LogP contribution in [0.25, 0.3) is 0 Å². The van der Waals surface area contributed by atoms with Crippen molar-refractivity contribution in [1.82, 2.24) is 0 Å². The smallest absolute Gasteiger partial charge is 0.0588 e. The van der Waals surface area contributed by atoms with Crippen molar-refractivity contribution in [3.63, 3.8) is 0 Å². The molecule has 0 saturated carbocycles. The van der Waals surface area contributed by atoms with Gasteiger partial charge in [-0.3, -0.25) is 0 Å². The Balaban J connectivity index is 3.58. The van der Waals surface area contributed by atoms with Crippen LogP contribution in [-0.2, 0) is 0 Å². The highest BCUT2D eigenvalue weighted by atomic mass is 16.3. The Hall–Kier alpha value is -0.0400. The van der Waals surface area contributed by atoms with E-state index < -0.39 is 0 Å². The van der Waals surface area contributed by atoms with Gasteiger partial charge in [-0.25, -0.2) is 0 Å². The monoisotopic (exact) mass is 144 g/mol. The highest BCUT2D eigenvalue weighted by Crippen LogP contribution is 2.16. The molecule has 0 aliphatic heterocycles. The maximum absolute atomic E-state index is 9.53. The van der Waals surface area contributed by atoms with Crippen LogP contribution >= 0.6 is 0 Å². The van der Waals surface area contributed by atoms with Crippen LogP contribution in [-0.4, -0.2) is 11.2 Å². The molecular formula is C9H20O. The van der Waals surface area contributed by atoms with E-state index in [1.165, 1.54) is 6.42 Å². The first-order chi connectivity index (χ1) is 4.59. The second kappa shape index (κ2) is 4.73. The lowest BCUT2D eigenvalue weighted by Crippen LogP contribution is -2.23. The maximum atomic E-state index is 9.53. The van der Waals surface area contributed by atoms with Crippen molar-refractivity contribution >= 4 is 0 Å². The van der Waals surface area contributed by atoms with Gasteiger partial charge in [-0.2, -0.15) is 0 Å². The van der Waals surface area contributed by atoms with E-state index in [9.17, 15) is 5.11 Å². The molecule has 62 valence electrons. The summed E-state index contributed by atoms with van der Waals surface area (Å²) in [5.41, 5.74) is 0. The van der Waals surface area contributed by atoms with E-state index in [0.29, 0.717) is 11.8 Å². The molecular weight excluding hydrogens is 124 g/mol. The van der Waals surface area contributed by atoms with Crippen molar-refractivity contribution in [2.45, 2.75) is 46.6 Å². The third kappa shape index (κ3) is 3.21. The van der Waals surface area contributed by atoms with Crippen molar-refractivity contribution in [3.8, 4) is 0 Å². The van der Waals surface area contributed by atoms with Gasteiger partial charge in [0.1, 0.15) is 0 Å². The highest BCUT2D eigenvalue weighted by Gasteiger charge is 2.15. The van der Waals surface area contributed by atoms with Gasteiger partial charge in [0.15, 0.2) is 0 Å². The zero-order valence-corrected chi connectivity index (χ0v) is 7.59. The minimum absolute atomic E-state index is 0.111. The quantitative estimate of drug-likeness (QED) is 0.642. The first kappa shape index (κ1) is 9.96. The predicted octanol–water partition coefficient (Wildman–Crippen LogP) is 2.44. The molecule has 0 aromatic heterocycles. The first-order valence-electron chi connectivity index (χ1n) is 4.27. The van der Waals surface area contributed by atoms with Gasteiger partial charge in [0.2, 0.25) is 0 Å². The second-order valence-corrected chi connectivity index (χ2v) is 3.50. The van der Waals surface area contributed by atoms with E-state index in [2.05, 4.69) is 27.7 Å². The predicted molar refractivity (Wildman–Crippen MR) is 44.9 cm³/mol. The minimum Gasteiger partial charge on any atom is -0.393 e. The van der Waals surface area contributed by atoms with Gasteiger partial charge in [-0.05, 0) is 18.3 Å². The summed E-state index contributed by atoms with van der Waals surface area (Å²) in [7, 11) is 0. The zero-order chi connectivity index (χ0) is 8.15. The Morgan fingerprint density at radius 2 is 1.70 bits per heavy atom. The number of hydrogen-bond acceptors (Lipinski definition) is 1. The average molecular weight is 144 g/mol. The maximum Gasteiger partial charge on any atom is 0.0588 e. The van der Waals surface area contributed by atoms with Gasteiger partial charge in [-0.15, -0.1) is 0 Å². The molecule has 0 saturated heterocycles. The van der Waals surface area contributed by atoms with Crippen LogP contribution in [0.4, 0.5) is 0 Å². The van der Waals surface area contributed by atoms with Gasteiger partial charge < -0.3 is 5.11 Å². The Bertz CT molecular complexity index is 78.8. The fourth-order valence-corrected chi connectivity index (χ4v) is 1.28. The molecule has 0 aliphatic carbocycles. The van der Waals surface area contributed by atoms with Crippen molar-refractivity contribution in [2.75, 3.05) is 0 Å². The topological polar surface area (TPSA) is 20.2 Å². The van der Waals surface area contributed by atoms with Gasteiger partial charge >= 0.3 is 0 Å². The van der Waals surface area contributed by atoms with E-state index in [-0.39, 0.29) is 6.10 Å². The van der Waals surface area contributed by atoms with Crippen LogP contribution in [0.3, 0.4) is 0 Å². The number of aliphatic hydroxyl groups excluding tert-OH is 1. The van der Waals surface area contributed by atoms with Gasteiger partial charge in [0.05, 0.1) is 6.10 Å². The summed E-state index contributed by atoms with van der Waals surface area (Å²) < 4.78 is 0. The molecule has 0 radical (unpaired) electrons. The highest BCUT2D eigenvalue weighted by molar-refractivity contribution is 4.66. The molecule has 0 fully saturated rings. The Kier molecular flexibility index (Phi) is 4.71. The molecule has 0 rings (SSSR count). The van der Waals surface area contributed by atoms with Crippen molar-refractivity contribution < 1.29 is 5.11 Å². The molecule has 0 aromatic carbocycles. The van der Waals surface area contributed by atoms with Crippen LogP contribution in [0, 0.1) is 11.8 Å². The molecule has 2 atom stereocenters. The second-order valence-electron chi connectivity index (χ2n) is 3.50. The van der Waals surface area contributed by atoms with Crippen LogP contribution in [0.1, 0.15) is 40.5 Å². The largest absolute Gasteiger partial charge is 0.393 e. The summed E-state index contributed by atoms with van der Waals surface area (Å²) in [5.74, 6) is 0.867. The molecule has 0 aromatic rings. The molecule has 1 unspecified atom stereocenters. The SMILES string of the molecule is CCC[C@H](C)C(O)C(C)C. The van der Waals surface area contributed by atoms with E-state index in [0.717, 1.165) is 6.42 Å². The van der Waals surface area contributed by atoms with Gasteiger partial charge in [0.25, 0.3) is 0 Å². The van der Waals surface area contributed by atoms with E-state index in [4.69, 9.17) is 0 Å². The van der Waals surface area contributed by atoms with Crippen molar-refractivity contribution in [3.05, 3.63) is 0 Å². The molecule has 0 spiro atoms. The molecule has 1 heteroatoms. The summed E-state index contributed by atoms with van der Waals surface area (Å²) in [6.07, 6.45) is 2.20. The van der Waals surface area contributed by atoms with Crippen LogP contribution in [0.5, 0.6) is 0 Å². The number of hydrogen-bond donors (Lipinski definition) is 1. The molecule has 1 nitrogen and oxygen atoms in total. The Morgan fingerprint density at radius 3 is 2.00 bits per heavy atom. The lowest BCUT2D eigenvalue weighted by Gasteiger charge is -2.21. The first-order valence-corrected chi connectivity index (χ1v) is 4.27. The summed E-state index contributed by atoms with van der Waals surface area (Å²) in [4.78, 5) is 0. The molecule has 0 bridgehead atoms. The standard InChI is InChI=1S/C9H20O/c1-5-6-8(4)9(10)7(2)3/h7-10H,5-6H2,1-4H3/t8-,9?/m0/s1. The molecule has 0 aliphatic rings. The summed E-state index contributed by atoms with van der Waals surface area (Å²) in [6.45, 7) is 8.41. The zero-order valence-electron chi connectivity index (χ0n) is 7.59. The molecule has 0 amide bonds. The third-order valence-corrected chi connectivity index (χ3v) is 2.01. The normalized spacial score (nSPS) is 17.4. The Labute approximate surface area is 64.5 Å². The van der Waals surface area contributed by atoms with Gasteiger partial charge in [-0.1, -0.05) is 34.1 Å². The molecule has 10 heavy (non-hydrogen) atoms. The van der Waals surface area contributed by atoms with Crippen LogP contribution < -0.4 is 0 Å². The van der Waals surface area contributed by atoms with Gasteiger partial charge in [0, 0.05) is 0 Å². The summed E-state index contributed by atoms with van der Waals surface area (Å²) >= 11 is 0. The minimum atomic E-state index is -0.111.